The van der Waals surface area contributed by atoms with E-state index in [1.165, 1.54) is 12.1 Å². The molecule has 1 amide bonds. The van der Waals surface area contributed by atoms with Gasteiger partial charge in [0.15, 0.2) is 0 Å². The molecule has 1 saturated carbocycles. The second-order valence-corrected chi connectivity index (χ2v) is 5.08. The summed E-state index contributed by atoms with van der Waals surface area (Å²) in [7, 11) is 0. The lowest BCUT2D eigenvalue weighted by Crippen LogP contribution is -2.40. The predicted molar refractivity (Wildman–Crippen MR) is 69.7 cm³/mol. The molecule has 1 aromatic carbocycles. The Bertz CT molecular complexity index is 526. The lowest BCUT2D eigenvalue weighted by molar-refractivity contribution is -0.119. The Hall–Kier alpha value is -1.93. The Labute approximate surface area is 111 Å². The van der Waals surface area contributed by atoms with Crippen LogP contribution in [0.15, 0.2) is 18.2 Å². The minimum Gasteiger partial charge on any atom is -0.330 e. The molecule has 0 atom stereocenters. The number of carbonyl (C=O) groups excluding carboxylic acids is 1. The number of hydrogen-bond donors (Lipinski definition) is 2. The molecular formula is C14H16FN3O. The molecule has 1 fully saturated rings. The van der Waals surface area contributed by atoms with Crippen LogP contribution in [0.3, 0.4) is 0 Å². The van der Waals surface area contributed by atoms with Gasteiger partial charge in [-0.1, -0.05) is 6.42 Å². The Balaban J connectivity index is 2.05. The van der Waals surface area contributed by atoms with E-state index in [0.717, 1.165) is 25.3 Å². The van der Waals surface area contributed by atoms with Crippen LogP contribution in [0.25, 0.3) is 0 Å². The highest BCUT2D eigenvalue weighted by molar-refractivity contribution is 5.92. The summed E-state index contributed by atoms with van der Waals surface area (Å²) in [5.74, 6) is -0.666. The second kappa shape index (κ2) is 5.37. The van der Waals surface area contributed by atoms with Crippen LogP contribution < -0.4 is 11.1 Å². The largest absolute Gasteiger partial charge is 0.330 e. The first-order valence-electron chi connectivity index (χ1n) is 6.28. The van der Waals surface area contributed by atoms with Gasteiger partial charge >= 0.3 is 0 Å². The maximum atomic E-state index is 13.0. The first-order valence-corrected chi connectivity index (χ1v) is 6.28. The first-order chi connectivity index (χ1) is 9.08. The van der Waals surface area contributed by atoms with Crippen molar-refractivity contribution in [3.63, 3.8) is 0 Å². The average molecular weight is 261 g/mol. The van der Waals surface area contributed by atoms with Crippen LogP contribution >= 0.6 is 0 Å². The van der Waals surface area contributed by atoms with E-state index in [0.29, 0.717) is 18.7 Å². The number of nitriles is 1. The SMILES string of the molecule is N#Cc1cc(F)ccc1NC(=O)CC1(CN)CCC1. The monoisotopic (exact) mass is 261 g/mol. The molecule has 0 saturated heterocycles. The van der Waals surface area contributed by atoms with E-state index in [4.69, 9.17) is 11.0 Å². The standard InChI is InChI=1S/C14H16FN3O/c15-11-2-3-12(10(6-11)8-16)18-13(19)7-14(9-17)4-1-5-14/h2-3,6H,1,4-5,7,9,17H2,(H,18,19). The molecule has 5 heteroatoms. The van der Waals surface area contributed by atoms with Crippen molar-refractivity contribution in [3.05, 3.63) is 29.6 Å². The molecule has 0 spiro atoms. The highest BCUT2D eigenvalue weighted by Gasteiger charge is 2.37. The summed E-state index contributed by atoms with van der Waals surface area (Å²) in [6.45, 7) is 0.495. The molecule has 3 N–H and O–H groups in total. The Morgan fingerprint density at radius 1 is 1.53 bits per heavy atom. The zero-order chi connectivity index (χ0) is 13.9. The van der Waals surface area contributed by atoms with Crippen molar-refractivity contribution in [2.75, 3.05) is 11.9 Å². The number of halogens is 1. The summed E-state index contributed by atoms with van der Waals surface area (Å²) in [6.07, 6.45) is 3.38. The van der Waals surface area contributed by atoms with E-state index in [1.807, 2.05) is 6.07 Å². The van der Waals surface area contributed by atoms with Gasteiger partial charge < -0.3 is 11.1 Å². The summed E-state index contributed by atoms with van der Waals surface area (Å²) in [5, 5.41) is 11.6. The van der Waals surface area contributed by atoms with Crippen molar-refractivity contribution >= 4 is 11.6 Å². The van der Waals surface area contributed by atoms with Crippen LogP contribution in [-0.2, 0) is 4.79 Å². The van der Waals surface area contributed by atoms with E-state index in [9.17, 15) is 9.18 Å². The lowest BCUT2D eigenvalue weighted by atomic mass is 9.66. The van der Waals surface area contributed by atoms with Crippen LogP contribution in [-0.4, -0.2) is 12.5 Å². The third-order valence-corrected chi connectivity index (χ3v) is 3.76. The summed E-state index contributed by atoms with van der Waals surface area (Å²) in [6, 6.07) is 5.60. The number of hydrogen-bond acceptors (Lipinski definition) is 3. The number of amides is 1. The van der Waals surface area contributed by atoms with Gasteiger partial charge in [0.1, 0.15) is 11.9 Å². The van der Waals surface area contributed by atoms with Crippen molar-refractivity contribution in [3.8, 4) is 6.07 Å². The molecular weight excluding hydrogens is 245 g/mol. The Kier molecular flexibility index (Phi) is 3.82. The van der Waals surface area contributed by atoms with Gasteiger partial charge in [-0.3, -0.25) is 4.79 Å². The lowest BCUT2D eigenvalue weighted by Gasteiger charge is -2.40. The number of carbonyl (C=O) groups is 1. The minimum absolute atomic E-state index is 0.0864. The van der Waals surface area contributed by atoms with E-state index in [-0.39, 0.29) is 16.9 Å². The first kappa shape index (κ1) is 13.5. The number of rotatable bonds is 4. The van der Waals surface area contributed by atoms with Crippen molar-refractivity contribution in [2.45, 2.75) is 25.7 Å². The van der Waals surface area contributed by atoms with Crippen molar-refractivity contribution in [1.29, 1.82) is 5.26 Å². The highest BCUT2D eigenvalue weighted by Crippen LogP contribution is 2.43. The Morgan fingerprint density at radius 2 is 2.26 bits per heavy atom. The smallest absolute Gasteiger partial charge is 0.225 e. The molecule has 4 nitrogen and oxygen atoms in total. The highest BCUT2D eigenvalue weighted by atomic mass is 19.1. The van der Waals surface area contributed by atoms with Crippen molar-refractivity contribution in [2.24, 2.45) is 11.1 Å². The maximum Gasteiger partial charge on any atom is 0.225 e. The van der Waals surface area contributed by atoms with E-state index >= 15 is 0 Å². The van der Waals surface area contributed by atoms with Gasteiger partial charge in [-0.05, 0) is 43.0 Å². The summed E-state index contributed by atoms with van der Waals surface area (Å²) in [4.78, 5) is 12.0. The molecule has 1 aliphatic rings. The molecule has 0 bridgehead atoms. The minimum atomic E-state index is -0.494. The third kappa shape index (κ3) is 2.91. The number of nitrogens with two attached hydrogens (primary N) is 1. The number of anilines is 1. The van der Waals surface area contributed by atoms with E-state index < -0.39 is 5.82 Å². The maximum absolute atomic E-state index is 13.0. The number of nitrogens with one attached hydrogen (secondary N) is 1. The zero-order valence-corrected chi connectivity index (χ0v) is 10.6. The summed E-state index contributed by atoms with van der Waals surface area (Å²) in [5.41, 5.74) is 6.09. The van der Waals surface area contributed by atoms with Gasteiger partial charge in [-0.15, -0.1) is 0 Å². The van der Waals surface area contributed by atoms with Gasteiger partial charge in [-0.25, -0.2) is 4.39 Å². The molecule has 1 aliphatic carbocycles. The van der Waals surface area contributed by atoms with E-state index in [2.05, 4.69) is 5.32 Å². The fourth-order valence-electron chi connectivity index (χ4n) is 2.38. The molecule has 0 radical (unpaired) electrons. The Morgan fingerprint density at radius 3 is 2.79 bits per heavy atom. The van der Waals surface area contributed by atoms with Crippen LogP contribution in [0.1, 0.15) is 31.2 Å². The summed E-state index contributed by atoms with van der Waals surface area (Å²) < 4.78 is 13.0. The summed E-state index contributed by atoms with van der Waals surface area (Å²) >= 11 is 0. The fraction of sp³-hybridized carbons (Fsp3) is 0.429. The number of nitrogens with zero attached hydrogens (tertiary/aromatic N) is 1. The number of benzene rings is 1. The normalized spacial score (nSPS) is 16.3. The average Bonchev–Trinajstić information content (AvgIpc) is 2.36. The van der Waals surface area contributed by atoms with Crippen molar-refractivity contribution < 1.29 is 9.18 Å². The van der Waals surface area contributed by atoms with Gasteiger partial charge in [0.25, 0.3) is 0 Å². The fourth-order valence-corrected chi connectivity index (χ4v) is 2.38. The zero-order valence-electron chi connectivity index (χ0n) is 10.6. The molecule has 0 aliphatic heterocycles. The van der Waals surface area contributed by atoms with E-state index in [1.54, 1.807) is 0 Å². The quantitative estimate of drug-likeness (QED) is 0.871. The van der Waals surface area contributed by atoms with Crippen LogP contribution in [0.5, 0.6) is 0 Å². The topological polar surface area (TPSA) is 78.9 Å². The second-order valence-electron chi connectivity index (χ2n) is 5.08. The molecule has 0 unspecified atom stereocenters. The van der Waals surface area contributed by atoms with Crippen LogP contribution in [0.4, 0.5) is 10.1 Å². The molecule has 1 aromatic rings. The van der Waals surface area contributed by atoms with Gasteiger partial charge in [0.05, 0.1) is 11.3 Å². The molecule has 0 aromatic heterocycles. The predicted octanol–water partition coefficient (Wildman–Crippen LogP) is 2.15. The third-order valence-electron chi connectivity index (χ3n) is 3.76. The molecule has 2 rings (SSSR count). The van der Waals surface area contributed by atoms with Crippen LogP contribution in [0, 0.1) is 22.6 Å². The van der Waals surface area contributed by atoms with Gasteiger partial charge in [-0.2, -0.15) is 5.26 Å². The van der Waals surface area contributed by atoms with Gasteiger partial charge in [0, 0.05) is 6.42 Å². The molecule has 19 heavy (non-hydrogen) atoms. The van der Waals surface area contributed by atoms with Crippen LogP contribution in [0.2, 0.25) is 0 Å². The molecule has 0 heterocycles. The van der Waals surface area contributed by atoms with Gasteiger partial charge in [0.2, 0.25) is 5.91 Å². The van der Waals surface area contributed by atoms with Crippen molar-refractivity contribution in [1.82, 2.24) is 0 Å². The molecule has 100 valence electrons.